The van der Waals surface area contributed by atoms with Gasteiger partial charge in [-0.2, -0.15) is 0 Å². The molecule has 0 aromatic heterocycles. The fourth-order valence-electron chi connectivity index (χ4n) is 2.64. The lowest BCUT2D eigenvalue weighted by atomic mass is 10.1. The lowest BCUT2D eigenvalue weighted by Gasteiger charge is -2.25. The van der Waals surface area contributed by atoms with Crippen molar-refractivity contribution in [2.24, 2.45) is 0 Å². The van der Waals surface area contributed by atoms with Crippen LogP contribution in [0.15, 0.2) is 53.4 Å². The molecule has 0 saturated heterocycles. The van der Waals surface area contributed by atoms with Crippen LogP contribution < -0.4 is 14.8 Å². The van der Waals surface area contributed by atoms with E-state index in [4.69, 9.17) is 4.74 Å². The van der Waals surface area contributed by atoms with Crippen LogP contribution in [0.5, 0.6) is 5.75 Å². The van der Waals surface area contributed by atoms with Gasteiger partial charge in [-0.3, -0.25) is 4.79 Å². The topological polar surface area (TPSA) is 87.7 Å². The van der Waals surface area contributed by atoms with Gasteiger partial charge in [-0.25, -0.2) is 13.1 Å². The maximum absolute atomic E-state index is 12.5. The second-order valence-electron chi connectivity index (χ2n) is 6.20. The molecule has 1 atom stereocenters. The third-order valence-corrected chi connectivity index (χ3v) is 5.67. The molecule has 1 amide bonds. The smallest absolute Gasteiger partial charge is 0.251 e. The van der Waals surface area contributed by atoms with E-state index in [9.17, 15) is 13.2 Å². The summed E-state index contributed by atoms with van der Waals surface area (Å²) >= 11 is 0. The minimum Gasteiger partial charge on any atom is -0.497 e. The average molecular weight is 391 g/mol. The largest absolute Gasteiger partial charge is 0.497 e. The molecule has 0 spiro atoms. The maximum Gasteiger partial charge on any atom is 0.251 e. The van der Waals surface area contributed by atoms with Crippen LogP contribution in [0.3, 0.4) is 0 Å². The third-order valence-electron chi connectivity index (χ3n) is 4.26. The number of ether oxygens (including phenoxy) is 1. The number of carbonyl (C=O) groups is 1. The highest BCUT2D eigenvalue weighted by molar-refractivity contribution is 7.89. The summed E-state index contributed by atoms with van der Waals surface area (Å²) in [4.78, 5) is 14.6. The number of methoxy groups -OCH3 is 1. The van der Waals surface area contributed by atoms with Gasteiger partial charge in [0, 0.05) is 12.1 Å². The zero-order valence-electron chi connectivity index (χ0n) is 15.9. The number of rotatable bonds is 8. The van der Waals surface area contributed by atoms with E-state index in [1.54, 1.807) is 19.2 Å². The first-order chi connectivity index (χ1) is 12.8. The molecule has 0 bridgehead atoms. The summed E-state index contributed by atoms with van der Waals surface area (Å²) in [6.45, 7) is 0.376. The van der Waals surface area contributed by atoms with E-state index >= 15 is 0 Å². The van der Waals surface area contributed by atoms with Gasteiger partial charge in [0.1, 0.15) is 5.75 Å². The van der Waals surface area contributed by atoms with E-state index in [1.807, 2.05) is 43.3 Å². The van der Waals surface area contributed by atoms with Crippen LogP contribution in [0.4, 0.5) is 0 Å². The van der Waals surface area contributed by atoms with Crippen LogP contribution >= 0.6 is 0 Å². The van der Waals surface area contributed by atoms with Crippen molar-refractivity contribution in [3.63, 3.8) is 0 Å². The van der Waals surface area contributed by atoms with Gasteiger partial charge in [-0.15, -0.1) is 0 Å². The first kappa shape index (κ1) is 20.9. The van der Waals surface area contributed by atoms with Crippen molar-refractivity contribution < 1.29 is 17.9 Å². The lowest BCUT2D eigenvalue weighted by molar-refractivity contribution is 0.0941. The van der Waals surface area contributed by atoms with Crippen LogP contribution in [0, 0.1) is 0 Å². The molecule has 146 valence electrons. The molecule has 0 radical (unpaired) electrons. The quantitative estimate of drug-likeness (QED) is 0.714. The molecule has 2 aromatic carbocycles. The van der Waals surface area contributed by atoms with Gasteiger partial charge >= 0.3 is 0 Å². The first-order valence-corrected chi connectivity index (χ1v) is 9.89. The van der Waals surface area contributed by atoms with Gasteiger partial charge in [-0.05, 0) is 57.0 Å². The summed E-state index contributed by atoms with van der Waals surface area (Å²) in [6, 6.07) is 13.6. The van der Waals surface area contributed by atoms with E-state index in [0.29, 0.717) is 12.1 Å². The zero-order chi connectivity index (χ0) is 20.0. The number of amides is 1. The molecule has 0 fully saturated rings. The SMILES string of the molecule is CNS(=O)(=O)c1cccc(C(=O)NCC(c2ccc(OC)cc2)N(C)C)c1. The van der Waals surface area contributed by atoms with Crippen molar-refractivity contribution in [1.29, 1.82) is 0 Å². The Morgan fingerprint density at radius 2 is 1.81 bits per heavy atom. The summed E-state index contributed by atoms with van der Waals surface area (Å²) in [6.07, 6.45) is 0. The monoisotopic (exact) mass is 391 g/mol. The van der Waals surface area contributed by atoms with E-state index in [-0.39, 0.29) is 16.8 Å². The Kier molecular flexibility index (Phi) is 6.95. The summed E-state index contributed by atoms with van der Waals surface area (Å²) < 4.78 is 31.2. The van der Waals surface area contributed by atoms with Gasteiger partial charge in [0.2, 0.25) is 10.0 Å². The summed E-state index contributed by atoms with van der Waals surface area (Å²) in [5, 5.41) is 2.88. The van der Waals surface area contributed by atoms with Crippen LogP contribution in [0.1, 0.15) is 22.0 Å². The molecule has 27 heavy (non-hydrogen) atoms. The molecular formula is C19H25N3O4S. The zero-order valence-corrected chi connectivity index (χ0v) is 16.7. The highest BCUT2D eigenvalue weighted by atomic mass is 32.2. The van der Waals surface area contributed by atoms with Crippen LogP contribution in [-0.2, 0) is 10.0 Å². The Balaban J connectivity index is 2.13. The van der Waals surface area contributed by atoms with Crippen molar-refractivity contribution >= 4 is 15.9 Å². The number of likely N-dealkylation sites (N-methyl/N-ethyl adjacent to an activating group) is 1. The number of benzene rings is 2. The molecule has 0 aliphatic heterocycles. The Bertz CT molecular complexity index is 880. The molecule has 0 saturated carbocycles. The number of nitrogens with zero attached hydrogens (tertiary/aromatic N) is 1. The minimum atomic E-state index is -3.60. The predicted octanol–water partition coefficient (Wildman–Crippen LogP) is 1.64. The van der Waals surface area contributed by atoms with Crippen LogP contribution in [0.2, 0.25) is 0 Å². The Morgan fingerprint density at radius 1 is 1.15 bits per heavy atom. The number of hydrogen-bond donors (Lipinski definition) is 2. The highest BCUT2D eigenvalue weighted by Crippen LogP contribution is 2.21. The fraction of sp³-hybridized carbons (Fsp3) is 0.316. The Hall–Kier alpha value is -2.42. The normalized spacial score (nSPS) is 12.6. The second kappa shape index (κ2) is 8.98. The molecule has 8 heteroatoms. The number of carbonyl (C=O) groups excluding carboxylic acids is 1. The molecule has 2 aromatic rings. The number of nitrogens with one attached hydrogen (secondary N) is 2. The van der Waals surface area contributed by atoms with E-state index in [0.717, 1.165) is 11.3 Å². The van der Waals surface area contributed by atoms with Crippen LogP contribution in [0.25, 0.3) is 0 Å². The first-order valence-electron chi connectivity index (χ1n) is 8.40. The van der Waals surface area contributed by atoms with Gasteiger partial charge in [0.05, 0.1) is 18.0 Å². The molecule has 0 aliphatic rings. The lowest BCUT2D eigenvalue weighted by Crippen LogP contribution is -2.34. The number of hydrogen-bond acceptors (Lipinski definition) is 5. The van der Waals surface area contributed by atoms with Gasteiger partial charge in [0.25, 0.3) is 5.91 Å². The Labute approximate surface area is 160 Å². The summed E-state index contributed by atoms with van der Waals surface area (Å²) in [5.74, 6) is 0.436. The van der Waals surface area contributed by atoms with Crippen molar-refractivity contribution in [3.05, 3.63) is 59.7 Å². The second-order valence-corrected chi connectivity index (χ2v) is 8.08. The molecule has 0 aliphatic carbocycles. The van der Waals surface area contributed by atoms with Crippen molar-refractivity contribution in [3.8, 4) is 5.75 Å². The van der Waals surface area contributed by atoms with Crippen molar-refractivity contribution in [2.45, 2.75) is 10.9 Å². The third kappa shape index (κ3) is 5.29. The molecule has 1 unspecified atom stereocenters. The standard InChI is InChI=1S/C19H25N3O4S/c1-20-27(24,25)17-7-5-6-15(12-17)19(23)21-13-18(22(2)3)14-8-10-16(26-4)11-9-14/h5-12,18,20H,13H2,1-4H3,(H,21,23). The van der Waals surface area contributed by atoms with Gasteiger partial charge in [-0.1, -0.05) is 18.2 Å². The molecule has 2 rings (SSSR count). The summed E-state index contributed by atoms with van der Waals surface area (Å²) in [7, 11) is 3.21. The van der Waals surface area contributed by atoms with Gasteiger partial charge in [0.15, 0.2) is 0 Å². The summed E-state index contributed by atoms with van der Waals surface area (Å²) in [5.41, 5.74) is 1.33. The van der Waals surface area contributed by atoms with Crippen molar-refractivity contribution in [2.75, 3.05) is 34.8 Å². The fourth-order valence-corrected chi connectivity index (χ4v) is 3.41. The average Bonchev–Trinajstić information content (AvgIpc) is 2.68. The molecule has 0 heterocycles. The highest BCUT2D eigenvalue weighted by Gasteiger charge is 2.18. The maximum atomic E-state index is 12.5. The molecular weight excluding hydrogens is 366 g/mol. The molecule has 2 N–H and O–H groups in total. The minimum absolute atomic E-state index is 0.0379. The van der Waals surface area contributed by atoms with Crippen molar-refractivity contribution in [1.82, 2.24) is 14.9 Å². The van der Waals surface area contributed by atoms with Gasteiger partial charge < -0.3 is 15.0 Å². The van der Waals surface area contributed by atoms with Crippen LogP contribution in [-0.4, -0.2) is 54.0 Å². The molecule has 7 nitrogen and oxygen atoms in total. The predicted molar refractivity (Wildman–Crippen MR) is 104 cm³/mol. The number of sulfonamides is 1. The Morgan fingerprint density at radius 3 is 2.37 bits per heavy atom. The van der Waals surface area contributed by atoms with E-state index in [2.05, 4.69) is 10.0 Å². The van der Waals surface area contributed by atoms with E-state index in [1.165, 1.54) is 19.2 Å². The van der Waals surface area contributed by atoms with E-state index < -0.39 is 10.0 Å².